The zero-order valence-electron chi connectivity index (χ0n) is 8.79. The summed E-state index contributed by atoms with van der Waals surface area (Å²) in [6.45, 7) is 4.96. The van der Waals surface area contributed by atoms with Crippen LogP contribution in [-0.2, 0) is 0 Å². The Morgan fingerprint density at radius 3 is 2.23 bits per heavy atom. The highest BCUT2D eigenvalue weighted by Gasteiger charge is 2.58. The molecule has 0 aromatic heterocycles. The zero-order valence-corrected chi connectivity index (χ0v) is 8.79. The first kappa shape index (κ1) is 8.28. The molecule has 2 bridgehead atoms. The predicted octanol–water partition coefficient (Wildman–Crippen LogP) is 2.41. The van der Waals surface area contributed by atoms with Crippen molar-refractivity contribution in [3.8, 4) is 0 Å². The minimum absolute atomic E-state index is 0.568. The molecule has 4 rings (SSSR count). The van der Waals surface area contributed by atoms with Gasteiger partial charge in [0.25, 0.3) is 0 Å². The van der Waals surface area contributed by atoms with Crippen LogP contribution in [0.25, 0.3) is 0 Å². The van der Waals surface area contributed by atoms with E-state index in [0.29, 0.717) is 11.5 Å². The number of fused-ring (bicyclic) bond motifs is 2. The van der Waals surface area contributed by atoms with Gasteiger partial charge in [-0.2, -0.15) is 0 Å². The van der Waals surface area contributed by atoms with Gasteiger partial charge in [-0.05, 0) is 54.8 Å². The Morgan fingerprint density at radius 2 is 1.77 bits per heavy atom. The third-order valence-corrected chi connectivity index (χ3v) is 5.35. The molecule has 4 aliphatic rings. The maximum absolute atomic E-state index is 5.97. The van der Waals surface area contributed by atoms with E-state index in [9.17, 15) is 0 Å². The number of hydrogen-bond acceptors (Lipinski definition) is 1. The molecule has 1 nitrogen and oxygen atoms in total. The monoisotopic (exact) mass is 179 g/mol. The lowest BCUT2D eigenvalue weighted by atomic mass is 9.45. The van der Waals surface area contributed by atoms with Gasteiger partial charge >= 0.3 is 0 Å². The maximum atomic E-state index is 5.97. The molecule has 0 amide bonds. The summed E-state index contributed by atoms with van der Waals surface area (Å²) in [5.41, 5.74) is 6.62. The Labute approximate surface area is 81.1 Å². The molecule has 0 radical (unpaired) electrons. The molecule has 13 heavy (non-hydrogen) atoms. The van der Waals surface area contributed by atoms with Crippen LogP contribution in [0.3, 0.4) is 0 Å². The van der Waals surface area contributed by atoms with E-state index in [1.165, 1.54) is 25.7 Å². The SMILES string of the molecule is CC1(C)C2CCC(C3CC3N)C1C2. The quantitative estimate of drug-likeness (QED) is 0.657. The van der Waals surface area contributed by atoms with E-state index < -0.39 is 0 Å². The van der Waals surface area contributed by atoms with Crippen molar-refractivity contribution >= 4 is 0 Å². The van der Waals surface area contributed by atoms with E-state index in [2.05, 4.69) is 13.8 Å². The van der Waals surface area contributed by atoms with Crippen molar-refractivity contribution in [2.24, 2.45) is 34.8 Å². The van der Waals surface area contributed by atoms with Gasteiger partial charge in [0.15, 0.2) is 0 Å². The third kappa shape index (κ3) is 0.971. The van der Waals surface area contributed by atoms with Crippen LogP contribution < -0.4 is 5.73 Å². The van der Waals surface area contributed by atoms with Gasteiger partial charge in [0, 0.05) is 6.04 Å². The highest BCUT2D eigenvalue weighted by molar-refractivity contribution is 5.09. The van der Waals surface area contributed by atoms with E-state index in [0.717, 1.165) is 23.7 Å². The summed E-state index contributed by atoms with van der Waals surface area (Å²) in [5, 5.41) is 0. The predicted molar refractivity (Wildman–Crippen MR) is 54.2 cm³/mol. The molecule has 5 unspecified atom stereocenters. The Morgan fingerprint density at radius 1 is 1.08 bits per heavy atom. The van der Waals surface area contributed by atoms with Gasteiger partial charge in [0.05, 0.1) is 0 Å². The molecule has 2 N–H and O–H groups in total. The average molecular weight is 179 g/mol. The first-order chi connectivity index (χ1) is 6.10. The summed E-state index contributed by atoms with van der Waals surface area (Å²) >= 11 is 0. The molecule has 5 atom stereocenters. The molecule has 4 saturated carbocycles. The van der Waals surface area contributed by atoms with Crippen LogP contribution in [0.2, 0.25) is 0 Å². The van der Waals surface area contributed by atoms with Gasteiger partial charge in [-0.1, -0.05) is 13.8 Å². The van der Waals surface area contributed by atoms with Crippen molar-refractivity contribution in [3.05, 3.63) is 0 Å². The molecule has 1 heteroatoms. The van der Waals surface area contributed by atoms with Gasteiger partial charge in [-0.25, -0.2) is 0 Å². The summed E-state index contributed by atoms with van der Waals surface area (Å²) < 4.78 is 0. The lowest BCUT2D eigenvalue weighted by Crippen LogP contribution is -2.53. The molecular weight excluding hydrogens is 158 g/mol. The first-order valence-corrected chi connectivity index (χ1v) is 5.86. The van der Waals surface area contributed by atoms with Crippen molar-refractivity contribution in [1.82, 2.24) is 0 Å². The van der Waals surface area contributed by atoms with Crippen LogP contribution in [0.4, 0.5) is 0 Å². The second-order valence-electron chi connectivity index (χ2n) is 6.17. The van der Waals surface area contributed by atoms with Gasteiger partial charge in [0.2, 0.25) is 0 Å². The maximum Gasteiger partial charge on any atom is 0.00738 e. The van der Waals surface area contributed by atoms with Crippen molar-refractivity contribution in [2.45, 2.75) is 45.6 Å². The van der Waals surface area contributed by atoms with Crippen LogP contribution in [0.5, 0.6) is 0 Å². The number of rotatable bonds is 1. The highest BCUT2D eigenvalue weighted by atomic mass is 14.8. The summed E-state index contributed by atoms with van der Waals surface area (Å²) in [6, 6.07) is 0.568. The van der Waals surface area contributed by atoms with Gasteiger partial charge in [0.1, 0.15) is 0 Å². The van der Waals surface area contributed by atoms with Crippen LogP contribution >= 0.6 is 0 Å². The first-order valence-electron chi connectivity index (χ1n) is 5.86. The van der Waals surface area contributed by atoms with Crippen LogP contribution in [0, 0.1) is 29.1 Å². The Kier molecular flexibility index (Phi) is 1.47. The lowest BCUT2D eigenvalue weighted by Gasteiger charge is -2.60. The fourth-order valence-corrected chi connectivity index (χ4v) is 4.11. The second-order valence-corrected chi connectivity index (χ2v) is 6.17. The van der Waals surface area contributed by atoms with E-state index in [1.54, 1.807) is 0 Å². The molecule has 74 valence electrons. The Balaban J connectivity index is 1.77. The molecule has 0 aromatic carbocycles. The number of hydrogen-bond donors (Lipinski definition) is 1. The highest BCUT2D eigenvalue weighted by Crippen LogP contribution is 2.65. The van der Waals surface area contributed by atoms with Crippen LogP contribution in [0.1, 0.15) is 39.5 Å². The molecule has 4 fully saturated rings. The van der Waals surface area contributed by atoms with E-state index >= 15 is 0 Å². The number of nitrogens with two attached hydrogens (primary N) is 1. The Hall–Kier alpha value is -0.0400. The molecule has 0 heterocycles. The second kappa shape index (κ2) is 2.31. The minimum Gasteiger partial charge on any atom is -0.327 e. The lowest BCUT2D eigenvalue weighted by molar-refractivity contribution is -0.111. The van der Waals surface area contributed by atoms with E-state index in [-0.39, 0.29) is 0 Å². The van der Waals surface area contributed by atoms with Crippen LogP contribution in [-0.4, -0.2) is 6.04 Å². The Bertz CT molecular complexity index is 231. The summed E-state index contributed by atoms with van der Waals surface area (Å²) in [4.78, 5) is 0. The molecule has 0 saturated heterocycles. The molecule has 0 spiro atoms. The standard InChI is InChI=1S/C12H21N/c1-12(2)7-3-4-8(10(12)5-7)9-6-11(9)13/h7-11H,3-6,13H2,1-2H3. The fourth-order valence-electron chi connectivity index (χ4n) is 4.11. The minimum atomic E-state index is 0.568. The summed E-state index contributed by atoms with van der Waals surface area (Å²) in [7, 11) is 0. The smallest absolute Gasteiger partial charge is 0.00738 e. The van der Waals surface area contributed by atoms with Crippen molar-refractivity contribution in [2.75, 3.05) is 0 Å². The molecular formula is C12H21N. The average Bonchev–Trinajstić information content (AvgIpc) is 2.82. The topological polar surface area (TPSA) is 26.0 Å². The van der Waals surface area contributed by atoms with Crippen molar-refractivity contribution in [3.63, 3.8) is 0 Å². The van der Waals surface area contributed by atoms with E-state index in [4.69, 9.17) is 5.73 Å². The van der Waals surface area contributed by atoms with Gasteiger partial charge in [-0.15, -0.1) is 0 Å². The fraction of sp³-hybridized carbons (Fsp3) is 1.00. The summed E-state index contributed by atoms with van der Waals surface area (Å²) in [6.07, 6.45) is 5.80. The molecule has 4 aliphatic carbocycles. The molecule has 0 aromatic rings. The largest absolute Gasteiger partial charge is 0.327 e. The summed E-state index contributed by atoms with van der Waals surface area (Å²) in [5.74, 6) is 3.97. The normalized spacial score (nSPS) is 57.0. The molecule has 0 aliphatic heterocycles. The van der Waals surface area contributed by atoms with Crippen molar-refractivity contribution in [1.29, 1.82) is 0 Å². The van der Waals surface area contributed by atoms with Gasteiger partial charge < -0.3 is 5.73 Å². The van der Waals surface area contributed by atoms with Crippen molar-refractivity contribution < 1.29 is 0 Å². The van der Waals surface area contributed by atoms with Crippen LogP contribution in [0.15, 0.2) is 0 Å². The zero-order chi connectivity index (χ0) is 9.22. The third-order valence-electron chi connectivity index (χ3n) is 5.35. The van der Waals surface area contributed by atoms with Gasteiger partial charge in [-0.3, -0.25) is 0 Å². The van der Waals surface area contributed by atoms with E-state index in [1.807, 2.05) is 0 Å².